The van der Waals surface area contributed by atoms with E-state index in [0.717, 1.165) is 25.2 Å². The molecule has 0 saturated carbocycles. The van der Waals surface area contributed by atoms with Crippen LogP contribution in [0, 0.1) is 6.92 Å². The van der Waals surface area contributed by atoms with E-state index in [1.165, 1.54) is 5.56 Å². The van der Waals surface area contributed by atoms with Crippen LogP contribution in [0.25, 0.3) is 0 Å². The second-order valence-electron chi connectivity index (χ2n) is 3.43. The van der Waals surface area contributed by atoms with Crippen LogP contribution in [-0.4, -0.2) is 29.4 Å². The van der Waals surface area contributed by atoms with Crippen molar-refractivity contribution in [2.24, 2.45) is 0 Å². The molecule has 0 aromatic carbocycles. The molecule has 1 fully saturated rings. The molecule has 0 aliphatic carbocycles. The van der Waals surface area contributed by atoms with Gasteiger partial charge in [0.15, 0.2) is 0 Å². The third kappa shape index (κ3) is 1.41. The van der Waals surface area contributed by atoms with Crippen molar-refractivity contribution in [3.05, 3.63) is 29.6 Å². The minimum atomic E-state index is 0.499. The van der Waals surface area contributed by atoms with Gasteiger partial charge in [-0.05, 0) is 18.6 Å². The summed E-state index contributed by atoms with van der Waals surface area (Å²) in [6, 6.07) is 4.04. The first-order chi connectivity index (χ1) is 6.31. The summed E-state index contributed by atoms with van der Waals surface area (Å²) < 4.78 is 0. The summed E-state index contributed by atoms with van der Waals surface area (Å²) in [5.74, 6) is 0.499. The van der Waals surface area contributed by atoms with Gasteiger partial charge >= 0.3 is 0 Å². The molecule has 0 radical (unpaired) electrons. The molecule has 3 nitrogen and oxygen atoms in total. The van der Waals surface area contributed by atoms with Gasteiger partial charge in [0.25, 0.3) is 0 Å². The van der Waals surface area contributed by atoms with Gasteiger partial charge < -0.3 is 4.90 Å². The van der Waals surface area contributed by atoms with E-state index in [2.05, 4.69) is 11.1 Å². The van der Waals surface area contributed by atoms with E-state index in [1.807, 2.05) is 13.0 Å². The molecule has 3 heteroatoms. The lowest BCUT2D eigenvalue weighted by molar-refractivity contribution is -0.122. The maximum absolute atomic E-state index is 10.4. The molecule has 0 atom stereocenters. The molecule has 1 aromatic rings. The number of carbonyl (C=O) groups is 1. The Bertz CT molecular complexity index is 318. The van der Waals surface area contributed by atoms with Crippen molar-refractivity contribution in [3.8, 4) is 0 Å². The molecule has 13 heavy (non-hydrogen) atoms. The fraction of sp³-hybridized carbons (Fsp3) is 0.400. The van der Waals surface area contributed by atoms with E-state index in [1.54, 1.807) is 11.1 Å². The predicted molar refractivity (Wildman–Crippen MR) is 49.4 cm³/mol. The van der Waals surface area contributed by atoms with E-state index < -0.39 is 0 Å². The quantitative estimate of drug-likeness (QED) is 0.628. The molecule has 68 valence electrons. The number of aryl methyl sites for hydroxylation is 1. The molecule has 1 aliphatic heterocycles. The lowest BCUT2D eigenvalue weighted by atomic mass is 9.91. The molecular weight excluding hydrogens is 164 g/mol. The number of nitrogens with zero attached hydrogens (tertiary/aromatic N) is 2. The fourth-order valence-electron chi connectivity index (χ4n) is 1.72. The zero-order valence-corrected chi connectivity index (χ0v) is 7.60. The zero-order valence-electron chi connectivity index (χ0n) is 7.60. The number of aromatic nitrogens is 1. The molecule has 2 rings (SSSR count). The highest BCUT2D eigenvalue weighted by Gasteiger charge is 2.27. The van der Waals surface area contributed by atoms with Gasteiger partial charge in [0, 0.05) is 30.9 Å². The Kier molecular flexibility index (Phi) is 2.00. The third-order valence-electron chi connectivity index (χ3n) is 2.55. The van der Waals surface area contributed by atoms with Gasteiger partial charge in [-0.15, -0.1) is 0 Å². The molecule has 2 heterocycles. The van der Waals surface area contributed by atoms with Crippen molar-refractivity contribution >= 4 is 6.41 Å². The average molecular weight is 176 g/mol. The van der Waals surface area contributed by atoms with Gasteiger partial charge in [0.1, 0.15) is 0 Å². The minimum absolute atomic E-state index is 0.499. The van der Waals surface area contributed by atoms with Gasteiger partial charge in [-0.1, -0.05) is 6.07 Å². The average Bonchev–Trinajstić information content (AvgIpc) is 2.06. The summed E-state index contributed by atoms with van der Waals surface area (Å²) in [5, 5.41) is 0. The van der Waals surface area contributed by atoms with Crippen LogP contribution in [0.2, 0.25) is 0 Å². The van der Waals surface area contributed by atoms with Crippen LogP contribution in [0.3, 0.4) is 0 Å². The number of pyridine rings is 1. The molecule has 1 saturated heterocycles. The van der Waals surface area contributed by atoms with E-state index in [0.29, 0.717) is 5.92 Å². The molecule has 0 bridgehead atoms. The Morgan fingerprint density at radius 3 is 3.00 bits per heavy atom. The van der Waals surface area contributed by atoms with E-state index >= 15 is 0 Å². The van der Waals surface area contributed by atoms with Crippen molar-refractivity contribution < 1.29 is 4.79 Å². The summed E-state index contributed by atoms with van der Waals surface area (Å²) in [7, 11) is 0. The highest BCUT2D eigenvalue weighted by atomic mass is 16.1. The number of likely N-dealkylation sites (tertiary alicyclic amines) is 1. The molecule has 1 amide bonds. The van der Waals surface area contributed by atoms with Crippen LogP contribution < -0.4 is 0 Å². The molecule has 1 aliphatic rings. The number of carbonyl (C=O) groups excluding carboxylic acids is 1. The topological polar surface area (TPSA) is 33.2 Å². The number of hydrogen-bond acceptors (Lipinski definition) is 2. The van der Waals surface area contributed by atoms with Crippen LogP contribution in [-0.2, 0) is 4.79 Å². The maximum Gasteiger partial charge on any atom is 0.209 e. The molecule has 0 spiro atoms. The first kappa shape index (κ1) is 8.23. The normalized spacial score (nSPS) is 16.8. The number of rotatable bonds is 2. The zero-order chi connectivity index (χ0) is 9.26. The monoisotopic (exact) mass is 176 g/mol. The third-order valence-corrected chi connectivity index (χ3v) is 2.55. The second kappa shape index (κ2) is 3.17. The van der Waals surface area contributed by atoms with Gasteiger partial charge in [0.05, 0.1) is 0 Å². The molecular formula is C10H12N2O. The largest absolute Gasteiger partial charge is 0.344 e. The van der Waals surface area contributed by atoms with Gasteiger partial charge in [0.2, 0.25) is 6.41 Å². The van der Waals surface area contributed by atoms with Gasteiger partial charge in [-0.3, -0.25) is 9.78 Å². The Balaban J connectivity index is 2.11. The number of hydrogen-bond donors (Lipinski definition) is 0. The molecule has 0 N–H and O–H groups in total. The van der Waals surface area contributed by atoms with Crippen LogP contribution in [0.15, 0.2) is 18.3 Å². The van der Waals surface area contributed by atoms with Crippen LogP contribution in [0.4, 0.5) is 0 Å². The summed E-state index contributed by atoms with van der Waals surface area (Å²) in [6.07, 6.45) is 2.71. The van der Waals surface area contributed by atoms with Crippen molar-refractivity contribution in [3.63, 3.8) is 0 Å². The van der Waals surface area contributed by atoms with Crippen molar-refractivity contribution in [2.75, 3.05) is 13.1 Å². The Labute approximate surface area is 77.4 Å². The fourth-order valence-corrected chi connectivity index (χ4v) is 1.72. The number of amides is 1. The SMILES string of the molecule is Cc1ncccc1C1CN(C=O)C1. The smallest absolute Gasteiger partial charge is 0.209 e. The Hall–Kier alpha value is -1.38. The maximum atomic E-state index is 10.4. The van der Waals surface area contributed by atoms with E-state index in [9.17, 15) is 4.79 Å². The highest BCUT2D eigenvalue weighted by Crippen LogP contribution is 2.26. The van der Waals surface area contributed by atoms with Crippen LogP contribution in [0.1, 0.15) is 17.2 Å². The lowest BCUT2D eigenvalue weighted by Crippen LogP contribution is -2.44. The lowest BCUT2D eigenvalue weighted by Gasteiger charge is -2.37. The highest BCUT2D eigenvalue weighted by molar-refractivity contribution is 5.50. The summed E-state index contributed by atoms with van der Waals surface area (Å²) in [6.45, 7) is 3.70. The first-order valence-electron chi connectivity index (χ1n) is 4.42. The van der Waals surface area contributed by atoms with Crippen molar-refractivity contribution in [2.45, 2.75) is 12.8 Å². The molecule has 0 unspecified atom stereocenters. The van der Waals surface area contributed by atoms with Crippen LogP contribution in [0.5, 0.6) is 0 Å². The Morgan fingerprint density at radius 2 is 2.38 bits per heavy atom. The first-order valence-corrected chi connectivity index (χ1v) is 4.42. The van der Waals surface area contributed by atoms with Crippen molar-refractivity contribution in [1.82, 2.24) is 9.88 Å². The summed E-state index contributed by atoms with van der Waals surface area (Å²) >= 11 is 0. The minimum Gasteiger partial charge on any atom is -0.344 e. The van der Waals surface area contributed by atoms with Gasteiger partial charge in [-0.2, -0.15) is 0 Å². The predicted octanol–water partition coefficient (Wildman–Crippen LogP) is 0.946. The van der Waals surface area contributed by atoms with E-state index in [-0.39, 0.29) is 0 Å². The van der Waals surface area contributed by atoms with Crippen LogP contribution >= 0.6 is 0 Å². The van der Waals surface area contributed by atoms with Crippen molar-refractivity contribution in [1.29, 1.82) is 0 Å². The summed E-state index contributed by atoms with van der Waals surface area (Å²) in [5.41, 5.74) is 2.36. The molecule has 1 aromatic heterocycles. The van der Waals surface area contributed by atoms with Gasteiger partial charge in [-0.25, -0.2) is 0 Å². The van der Waals surface area contributed by atoms with E-state index in [4.69, 9.17) is 0 Å². The Morgan fingerprint density at radius 1 is 1.62 bits per heavy atom. The standard InChI is InChI=1S/C10H12N2O/c1-8-10(3-2-4-11-8)9-5-12(6-9)7-13/h2-4,7,9H,5-6H2,1H3. The summed E-state index contributed by atoms with van der Waals surface area (Å²) in [4.78, 5) is 16.4. The second-order valence-corrected chi connectivity index (χ2v) is 3.43.